The Morgan fingerprint density at radius 3 is 2.96 bits per heavy atom. The minimum absolute atomic E-state index is 0.0254. The molecule has 2 aliphatic heterocycles. The van der Waals surface area contributed by atoms with Gasteiger partial charge in [0.15, 0.2) is 0 Å². The number of hydrogen-bond donors (Lipinski definition) is 1. The van der Waals surface area contributed by atoms with Crippen LogP contribution in [0.2, 0.25) is 0 Å². The van der Waals surface area contributed by atoms with E-state index in [1.54, 1.807) is 18.2 Å². The average molecular weight is 346 g/mol. The summed E-state index contributed by atoms with van der Waals surface area (Å²) >= 11 is 0. The SMILES string of the molecule is COCCN1C[C@H](C(=O)NCc2ccnc(N3CCCC3)c2)CC1=O. The summed E-state index contributed by atoms with van der Waals surface area (Å²) in [5.74, 6) is 0.667. The van der Waals surface area contributed by atoms with Crippen molar-refractivity contribution >= 4 is 17.6 Å². The highest BCUT2D eigenvalue weighted by Crippen LogP contribution is 2.20. The number of nitrogens with zero attached hydrogens (tertiary/aromatic N) is 3. The second kappa shape index (κ2) is 8.29. The summed E-state index contributed by atoms with van der Waals surface area (Å²) in [6, 6.07) is 3.96. The molecule has 2 amide bonds. The van der Waals surface area contributed by atoms with Gasteiger partial charge < -0.3 is 19.9 Å². The van der Waals surface area contributed by atoms with E-state index in [-0.39, 0.29) is 24.2 Å². The Kier molecular flexibility index (Phi) is 5.86. The second-order valence-corrected chi connectivity index (χ2v) is 6.67. The maximum Gasteiger partial charge on any atom is 0.225 e. The van der Waals surface area contributed by atoms with Crippen LogP contribution in [0.1, 0.15) is 24.8 Å². The van der Waals surface area contributed by atoms with Gasteiger partial charge in [0.25, 0.3) is 0 Å². The number of likely N-dealkylation sites (tertiary alicyclic amines) is 1. The molecule has 2 fully saturated rings. The Morgan fingerprint density at radius 1 is 1.40 bits per heavy atom. The molecule has 1 aromatic heterocycles. The van der Waals surface area contributed by atoms with Crippen molar-refractivity contribution in [2.75, 3.05) is 44.8 Å². The van der Waals surface area contributed by atoms with Crippen LogP contribution in [0.5, 0.6) is 0 Å². The summed E-state index contributed by atoms with van der Waals surface area (Å²) in [6.07, 6.45) is 4.49. The van der Waals surface area contributed by atoms with Crippen molar-refractivity contribution < 1.29 is 14.3 Å². The Balaban J connectivity index is 1.51. The van der Waals surface area contributed by atoms with Crippen LogP contribution in [0.25, 0.3) is 0 Å². The summed E-state index contributed by atoms with van der Waals surface area (Å²) in [5, 5.41) is 2.96. The lowest BCUT2D eigenvalue weighted by atomic mass is 10.1. The molecule has 2 aliphatic rings. The van der Waals surface area contributed by atoms with Crippen LogP contribution < -0.4 is 10.2 Å². The van der Waals surface area contributed by atoms with E-state index in [0.29, 0.717) is 26.2 Å². The van der Waals surface area contributed by atoms with E-state index in [1.165, 1.54) is 12.8 Å². The summed E-state index contributed by atoms with van der Waals surface area (Å²) < 4.78 is 5.00. The molecular weight excluding hydrogens is 320 g/mol. The predicted octanol–water partition coefficient (Wildman–Crippen LogP) is 0.793. The molecule has 7 nitrogen and oxygen atoms in total. The number of carbonyl (C=O) groups excluding carboxylic acids is 2. The van der Waals surface area contributed by atoms with E-state index in [1.807, 2.05) is 12.1 Å². The van der Waals surface area contributed by atoms with Gasteiger partial charge in [0, 0.05) is 52.5 Å². The molecule has 25 heavy (non-hydrogen) atoms. The van der Waals surface area contributed by atoms with Crippen molar-refractivity contribution in [3.05, 3.63) is 23.9 Å². The zero-order valence-electron chi connectivity index (χ0n) is 14.7. The number of ether oxygens (including phenoxy) is 1. The molecule has 1 aromatic rings. The summed E-state index contributed by atoms with van der Waals surface area (Å²) in [6.45, 7) is 4.07. The third-order valence-corrected chi connectivity index (χ3v) is 4.86. The summed E-state index contributed by atoms with van der Waals surface area (Å²) in [4.78, 5) is 32.7. The molecule has 3 rings (SSSR count). The van der Waals surface area contributed by atoms with Crippen molar-refractivity contribution in [1.29, 1.82) is 0 Å². The van der Waals surface area contributed by atoms with Crippen LogP contribution in [0.3, 0.4) is 0 Å². The van der Waals surface area contributed by atoms with Crippen molar-refractivity contribution in [2.45, 2.75) is 25.8 Å². The number of aromatic nitrogens is 1. The molecule has 136 valence electrons. The van der Waals surface area contributed by atoms with E-state index in [2.05, 4.69) is 15.2 Å². The largest absolute Gasteiger partial charge is 0.383 e. The first-order valence-electron chi connectivity index (χ1n) is 8.91. The topological polar surface area (TPSA) is 74.8 Å². The first kappa shape index (κ1) is 17.7. The van der Waals surface area contributed by atoms with E-state index < -0.39 is 0 Å². The maximum atomic E-state index is 12.4. The fourth-order valence-electron chi connectivity index (χ4n) is 3.39. The van der Waals surface area contributed by atoms with E-state index in [4.69, 9.17) is 4.74 Å². The van der Waals surface area contributed by atoms with Gasteiger partial charge in [0.05, 0.1) is 12.5 Å². The molecule has 0 spiro atoms. The number of amides is 2. The van der Waals surface area contributed by atoms with Crippen molar-refractivity contribution in [1.82, 2.24) is 15.2 Å². The molecule has 1 N–H and O–H groups in total. The first-order chi connectivity index (χ1) is 12.2. The molecule has 0 radical (unpaired) electrons. The van der Waals surface area contributed by atoms with Crippen molar-refractivity contribution in [2.24, 2.45) is 5.92 Å². The monoisotopic (exact) mass is 346 g/mol. The zero-order chi connectivity index (χ0) is 17.6. The van der Waals surface area contributed by atoms with Crippen LogP contribution in [0.4, 0.5) is 5.82 Å². The Hall–Kier alpha value is -2.15. The zero-order valence-corrected chi connectivity index (χ0v) is 14.7. The van der Waals surface area contributed by atoms with Crippen molar-refractivity contribution in [3.8, 4) is 0 Å². The van der Waals surface area contributed by atoms with E-state index in [0.717, 1.165) is 24.5 Å². The van der Waals surface area contributed by atoms with Crippen LogP contribution in [-0.2, 0) is 20.9 Å². The number of carbonyl (C=O) groups is 2. The number of anilines is 1. The molecule has 0 saturated carbocycles. The standard InChI is InChI=1S/C18H26N4O3/c1-25-9-8-22-13-15(11-17(22)23)18(24)20-12-14-4-5-19-16(10-14)21-6-2-3-7-21/h4-5,10,15H,2-3,6-9,11-13H2,1H3,(H,20,24)/t15-/m1/s1. The molecular formula is C18H26N4O3. The van der Waals surface area contributed by atoms with Gasteiger partial charge in [-0.15, -0.1) is 0 Å². The lowest BCUT2D eigenvalue weighted by Crippen LogP contribution is -2.33. The fraction of sp³-hybridized carbons (Fsp3) is 0.611. The van der Waals surface area contributed by atoms with Gasteiger partial charge in [-0.3, -0.25) is 9.59 Å². The van der Waals surface area contributed by atoms with Crippen LogP contribution in [0, 0.1) is 5.92 Å². The smallest absolute Gasteiger partial charge is 0.225 e. The third kappa shape index (κ3) is 4.48. The molecule has 7 heteroatoms. The van der Waals surface area contributed by atoms with E-state index in [9.17, 15) is 9.59 Å². The normalized spacial score (nSPS) is 20.4. The van der Waals surface area contributed by atoms with Crippen LogP contribution in [-0.4, -0.2) is 61.6 Å². The molecule has 2 saturated heterocycles. The van der Waals surface area contributed by atoms with Gasteiger partial charge in [0.1, 0.15) is 5.82 Å². The highest BCUT2D eigenvalue weighted by Gasteiger charge is 2.33. The van der Waals surface area contributed by atoms with Gasteiger partial charge in [-0.25, -0.2) is 4.98 Å². The average Bonchev–Trinajstić information content (AvgIpc) is 3.28. The number of pyridine rings is 1. The fourth-order valence-corrected chi connectivity index (χ4v) is 3.39. The number of methoxy groups -OCH3 is 1. The number of hydrogen-bond acceptors (Lipinski definition) is 5. The van der Waals surface area contributed by atoms with Gasteiger partial charge >= 0.3 is 0 Å². The minimum Gasteiger partial charge on any atom is -0.383 e. The lowest BCUT2D eigenvalue weighted by Gasteiger charge is -2.17. The molecule has 0 unspecified atom stereocenters. The summed E-state index contributed by atoms with van der Waals surface area (Å²) in [5.41, 5.74) is 1.03. The quantitative estimate of drug-likeness (QED) is 0.790. The molecule has 3 heterocycles. The highest BCUT2D eigenvalue weighted by atomic mass is 16.5. The molecule has 0 bridgehead atoms. The predicted molar refractivity (Wildman–Crippen MR) is 94.1 cm³/mol. The lowest BCUT2D eigenvalue weighted by molar-refractivity contribution is -0.129. The third-order valence-electron chi connectivity index (χ3n) is 4.86. The van der Waals surface area contributed by atoms with Crippen LogP contribution in [0.15, 0.2) is 18.3 Å². The Bertz CT molecular complexity index is 616. The first-order valence-corrected chi connectivity index (χ1v) is 8.91. The number of nitrogens with one attached hydrogen (secondary N) is 1. The molecule has 0 aromatic carbocycles. The summed E-state index contributed by atoms with van der Waals surface area (Å²) in [7, 11) is 1.61. The van der Waals surface area contributed by atoms with E-state index >= 15 is 0 Å². The van der Waals surface area contributed by atoms with Gasteiger partial charge in [-0.05, 0) is 30.5 Å². The maximum absolute atomic E-state index is 12.4. The van der Waals surface area contributed by atoms with Gasteiger partial charge in [-0.1, -0.05) is 0 Å². The Morgan fingerprint density at radius 2 is 2.20 bits per heavy atom. The minimum atomic E-state index is -0.274. The van der Waals surface area contributed by atoms with Crippen LogP contribution >= 0.6 is 0 Å². The molecule has 0 aliphatic carbocycles. The number of rotatable bonds is 7. The van der Waals surface area contributed by atoms with Gasteiger partial charge in [0.2, 0.25) is 11.8 Å². The second-order valence-electron chi connectivity index (χ2n) is 6.67. The van der Waals surface area contributed by atoms with Gasteiger partial charge in [-0.2, -0.15) is 0 Å². The van der Waals surface area contributed by atoms with Crippen molar-refractivity contribution in [3.63, 3.8) is 0 Å². The Labute approximate surface area is 148 Å². The molecule has 1 atom stereocenters. The highest BCUT2D eigenvalue weighted by molar-refractivity contribution is 5.89.